The number of aromatic nitrogens is 4. The van der Waals surface area contributed by atoms with Gasteiger partial charge in [0.1, 0.15) is 17.3 Å². The van der Waals surface area contributed by atoms with Crippen LogP contribution in [0.25, 0.3) is 44.4 Å². The first-order valence-corrected chi connectivity index (χ1v) is 17.9. The lowest BCUT2D eigenvalue weighted by molar-refractivity contribution is 0.447. The Morgan fingerprint density at radius 1 is 0.760 bits per heavy atom. The van der Waals surface area contributed by atoms with Crippen molar-refractivity contribution in [2.45, 2.75) is 66.2 Å². The number of allylic oxidation sites excluding steroid dienone is 2. The summed E-state index contributed by atoms with van der Waals surface area (Å²) in [5.41, 5.74) is 11.8. The molecule has 0 saturated carbocycles. The molecule has 2 atom stereocenters. The molecule has 5 nitrogen and oxygen atoms in total. The monoisotopic (exact) mass is 656 g/mol. The van der Waals surface area contributed by atoms with Crippen LogP contribution in [-0.4, -0.2) is 19.3 Å². The van der Waals surface area contributed by atoms with E-state index in [2.05, 4.69) is 154 Å². The van der Waals surface area contributed by atoms with E-state index in [1.807, 2.05) is 12.3 Å². The van der Waals surface area contributed by atoms with Crippen molar-refractivity contribution in [3.05, 3.63) is 143 Å². The highest BCUT2D eigenvalue weighted by Crippen LogP contribution is 2.42. The molecule has 50 heavy (non-hydrogen) atoms. The molecular weight excluding hydrogens is 613 g/mol. The van der Waals surface area contributed by atoms with Crippen molar-refractivity contribution in [1.29, 1.82) is 0 Å². The zero-order valence-electron chi connectivity index (χ0n) is 29.8. The Kier molecular flexibility index (Phi) is 8.14. The Hall–Kier alpha value is -5.42. The molecule has 8 rings (SSSR count). The minimum atomic E-state index is 0.324. The number of hydrogen-bond acceptors (Lipinski definition) is 3. The molecule has 0 saturated heterocycles. The summed E-state index contributed by atoms with van der Waals surface area (Å²) in [6.45, 7) is 13.5. The van der Waals surface area contributed by atoms with E-state index in [0.29, 0.717) is 17.8 Å². The average Bonchev–Trinajstić information content (AvgIpc) is 3.61. The molecule has 0 bridgehead atoms. The number of nitrogens with zero attached hydrogens (tertiary/aromatic N) is 4. The number of ether oxygens (including phenoxy) is 1. The first-order valence-electron chi connectivity index (χ1n) is 17.9. The van der Waals surface area contributed by atoms with Crippen LogP contribution in [0.2, 0.25) is 0 Å². The molecule has 1 aliphatic rings. The topological polar surface area (TPSA) is 44.9 Å². The van der Waals surface area contributed by atoms with Gasteiger partial charge in [0, 0.05) is 46.3 Å². The third kappa shape index (κ3) is 5.61. The number of rotatable bonds is 7. The molecule has 0 spiro atoms. The first kappa shape index (κ1) is 31.8. The van der Waals surface area contributed by atoms with Gasteiger partial charge in [-0.25, -0.2) is 9.67 Å². The van der Waals surface area contributed by atoms with E-state index in [4.69, 9.17) is 14.8 Å². The molecule has 1 unspecified atom stereocenters. The quantitative estimate of drug-likeness (QED) is 0.160. The van der Waals surface area contributed by atoms with Crippen molar-refractivity contribution in [1.82, 2.24) is 19.3 Å². The summed E-state index contributed by atoms with van der Waals surface area (Å²) in [6, 6.07) is 36.2. The zero-order valence-corrected chi connectivity index (χ0v) is 29.8. The second-order valence-corrected chi connectivity index (χ2v) is 14.3. The lowest BCUT2D eigenvalue weighted by Crippen LogP contribution is -2.16. The highest BCUT2D eigenvalue weighted by atomic mass is 16.5. The van der Waals surface area contributed by atoms with Gasteiger partial charge in [-0.2, -0.15) is 5.10 Å². The number of pyridine rings is 1. The molecule has 0 amide bonds. The van der Waals surface area contributed by atoms with Gasteiger partial charge in [-0.1, -0.05) is 81.0 Å². The minimum absolute atomic E-state index is 0.324. The number of aryl methyl sites for hydroxylation is 1. The van der Waals surface area contributed by atoms with Crippen LogP contribution in [0.5, 0.6) is 11.5 Å². The summed E-state index contributed by atoms with van der Waals surface area (Å²) in [6.07, 6.45) is 6.69. The standard InChI is InChI=1S/C45H44N4O/c1-28(2)35-23-36(49-32(6)45(31(5)47-49)44-29(3)13-12-14-30(44)4)26-38(24-35)50-37-19-20-40-39-17-10-11-18-41(39)48(42(40)27-37)43-25-34(21-22-46-43)33-15-8-7-9-16-33/h7-11,13,15-28,30,44H,12,14H2,1-6H3/t30-,44?/m0/s1. The van der Waals surface area contributed by atoms with E-state index >= 15 is 0 Å². The summed E-state index contributed by atoms with van der Waals surface area (Å²) in [5, 5.41) is 7.48. The summed E-state index contributed by atoms with van der Waals surface area (Å²) in [4.78, 5) is 4.87. The molecule has 5 heteroatoms. The Labute approximate surface area is 294 Å². The van der Waals surface area contributed by atoms with Gasteiger partial charge >= 0.3 is 0 Å². The normalized spacial score (nSPS) is 16.3. The second kappa shape index (κ2) is 12.8. The summed E-state index contributed by atoms with van der Waals surface area (Å²) < 4.78 is 11.1. The molecule has 0 aliphatic heterocycles. The lowest BCUT2D eigenvalue weighted by atomic mass is 9.75. The molecule has 4 aromatic carbocycles. The van der Waals surface area contributed by atoms with Crippen LogP contribution in [-0.2, 0) is 0 Å². The number of fused-ring (bicyclic) bond motifs is 3. The van der Waals surface area contributed by atoms with E-state index < -0.39 is 0 Å². The van der Waals surface area contributed by atoms with Crippen LogP contribution in [0.4, 0.5) is 0 Å². The molecule has 7 aromatic rings. The fourth-order valence-electron chi connectivity index (χ4n) is 8.05. The molecular formula is C45H44N4O. The van der Waals surface area contributed by atoms with Crippen LogP contribution in [0.1, 0.15) is 74.9 Å². The van der Waals surface area contributed by atoms with Gasteiger partial charge in [-0.05, 0) is 105 Å². The molecule has 250 valence electrons. The zero-order chi connectivity index (χ0) is 34.5. The second-order valence-electron chi connectivity index (χ2n) is 14.3. The van der Waals surface area contributed by atoms with Crippen molar-refractivity contribution in [3.8, 4) is 34.1 Å². The maximum Gasteiger partial charge on any atom is 0.138 e. The van der Waals surface area contributed by atoms with E-state index in [1.165, 1.54) is 34.2 Å². The average molecular weight is 657 g/mol. The van der Waals surface area contributed by atoms with Gasteiger partial charge in [-0.3, -0.25) is 4.57 Å². The summed E-state index contributed by atoms with van der Waals surface area (Å²) in [7, 11) is 0. The largest absolute Gasteiger partial charge is 0.457 e. The number of hydrogen-bond donors (Lipinski definition) is 0. The van der Waals surface area contributed by atoms with Gasteiger partial charge < -0.3 is 4.74 Å². The van der Waals surface area contributed by atoms with Crippen molar-refractivity contribution in [2.24, 2.45) is 5.92 Å². The third-order valence-corrected chi connectivity index (χ3v) is 10.6. The van der Waals surface area contributed by atoms with Crippen LogP contribution >= 0.6 is 0 Å². The maximum absolute atomic E-state index is 6.76. The van der Waals surface area contributed by atoms with Crippen LogP contribution in [0.3, 0.4) is 0 Å². The molecule has 0 fully saturated rings. The van der Waals surface area contributed by atoms with Gasteiger partial charge in [0.05, 0.1) is 22.4 Å². The first-order chi connectivity index (χ1) is 24.3. The summed E-state index contributed by atoms with van der Waals surface area (Å²) >= 11 is 0. The van der Waals surface area contributed by atoms with Crippen molar-refractivity contribution < 1.29 is 4.74 Å². The van der Waals surface area contributed by atoms with E-state index in [1.54, 1.807) is 0 Å². The predicted octanol–water partition coefficient (Wildman–Crippen LogP) is 12.0. The summed E-state index contributed by atoms with van der Waals surface area (Å²) in [5.74, 6) is 3.77. The highest BCUT2D eigenvalue weighted by molar-refractivity contribution is 6.09. The third-order valence-electron chi connectivity index (χ3n) is 10.6. The molecule has 0 N–H and O–H groups in total. The molecule has 3 aromatic heterocycles. The molecule has 0 radical (unpaired) electrons. The Morgan fingerprint density at radius 3 is 2.34 bits per heavy atom. The number of benzene rings is 4. The SMILES string of the molecule is CC1=CCC[C@H](C)C1c1c(C)nn(-c2cc(Oc3ccc4c5ccccc5n(-c5cc(-c6ccccc6)ccn5)c4c3)cc(C(C)C)c2)c1C. The molecule has 3 heterocycles. The van der Waals surface area contributed by atoms with Crippen molar-refractivity contribution in [2.75, 3.05) is 0 Å². The Bertz CT molecular complexity index is 2390. The van der Waals surface area contributed by atoms with E-state index in [0.717, 1.165) is 62.7 Å². The minimum Gasteiger partial charge on any atom is -0.457 e. The van der Waals surface area contributed by atoms with Gasteiger partial charge in [0.15, 0.2) is 0 Å². The van der Waals surface area contributed by atoms with E-state index in [9.17, 15) is 0 Å². The number of para-hydroxylation sites is 1. The van der Waals surface area contributed by atoms with Crippen molar-refractivity contribution in [3.63, 3.8) is 0 Å². The predicted molar refractivity (Wildman–Crippen MR) is 206 cm³/mol. The molecule has 1 aliphatic carbocycles. The lowest BCUT2D eigenvalue weighted by Gasteiger charge is -2.29. The maximum atomic E-state index is 6.76. The highest BCUT2D eigenvalue weighted by Gasteiger charge is 2.29. The van der Waals surface area contributed by atoms with E-state index in [-0.39, 0.29) is 0 Å². The van der Waals surface area contributed by atoms with Crippen LogP contribution in [0, 0.1) is 19.8 Å². The van der Waals surface area contributed by atoms with Crippen LogP contribution < -0.4 is 4.74 Å². The Morgan fingerprint density at radius 2 is 1.54 bits per heavy atom. The fourth-order valence-corrected chi connectivity index (χ4v) is 8.05. The van der Waals surface area contributed by atoms with Gasteiger partial charge in [0.25, 0.3) is 0 Å². The van der Waals surface area contributed by atoms with Gasteiger partial charge in [-0.15, -0.1) is 0 Å². The Balaban J connectivity index is 1.22. The van der Waals surface area contributed by atoms with Crippen molar-refractivity contribution >= 4 is 21.8 Å². The smallest absolute Gasteiger partial charge is 0.138 e. The fraction of sp³-hybridized carbons (Fsp3) is 0.244. The van der Waals surface area contributed by atoms with Crippen LogP contribution in [0.15, 0.2) is 121 Å². The van der Waals surface area contributed by atoms with Gasteiger partial charge in [0.2, 0.25) is 0 Å².